The van der Waals surface area contributed by atoms with E-state index in [-0.39, 0.29) is 0 Å². The summed E-state index contributed by atoms with van der Waals surface area (Å²) in [6.07, 6.45) is 13.3. The molecule has 2 aliphatic carbocycles. The molecule has 3 heteroatoms. The highest BCUT2D eigenvalue weighted by atomic mass is 28.3. The van der Waals surface area contributed by atoms with Gasteiger partial charge in [0.05, 0.1) is 6.04 Å². The summed E-state index contributed by atoms with van der Waals surface area (Å²) in [5.74, 6) is 4.40. The molecule has 1 N–H and O–H groups in total. The third-order valence-electron chi connectivity index (χ3n) is 4.39. The second-order valence-corrected chi connectivity index (χ2v) is 12.5. The van der Waals surface area contributed by atoms with E-state index in [1.807, 2.05) is 0 Å². The molecule has 0 unspecified atom stereocenters. The molecule has 0 aromatic heterocycles. The zero-order chi connectivity index (χ0) is 15.1. The van der Waals surface area contributed by atoms with Crippen molar-refractivity contribution in [3.05, 3.63) is 0 Å². The molecule has 0 heterocycles. The van der Waals surface area contributed by atoms with E-state index < -0.39 is 8.07 Å². The minimum Gasteiger partial charge on any atom is -0.361 e. The molecule has 21 heavy (non-hydrogen) atoms. The Morgan fingerprint density at radius 1 is 0.905 bits per heavy atom. The van der Waals surface area contributed by atoms with Gasteiger partial charge in [0.1, 0.15) is 8.07 Å². The Morgan fingerprint density at radius 3 is 2.05 bits per heavy atom. The smallest absolute Gasteiger partial charge is 0.173 e. The van der Waals surface area contributed by atoms with Gasteiger partial charge in [-0.3, -0.25) is 4.99 Å². The second-order valence-electron chi connectivity index (χ2n) is 7.75. The van der Waals surface area contributed by atoms with Crippen molar-refractivity contribution in [3.63, 3.8) is 0 Å². The highest BCUT2D eigenvalue weighted by Crippen LogP contribution is 2.21. The van der Waals surface area contributed by atoms with Crippen LogP contribution in [0.1, 0.15) is 64.2 Å². The van der Waals surface area contributed by atoms with Crippen molar-refractivity contribution in [3.8, 4) is 11.5 Å². The average Bonchev–Trinajstić information content (AvgIpc) is 2.46. The number of aliphatic imine (C=N–C) groups is 1. The van der Waals surface area contributed by atoms with Crippen molar-refractivity contribution >= 4 is 13.9 Å². The molecule has 0 amide bonds. The number of amidine groups is 1. The maximum atomic E-state index is 4.99. The van der Waals surface area contributed by atoms with Crippen LogP contribution in [-0.2, 0) is 0 Å². The number of hydrogen-bond acceptors (Lipinski definition) is 1. The molecule has 0 aliphatic heterocycles. The summed E-state index contributed by atoms with van der Waals surface area (Å²) in [5, 5.41) is 3.67. The lowest BCUT2D eigenvalue weighted by molar-refractivity contribution is 0.409. The van der Waals surface area contributed by atoms with E-state index in [0.717, 1.165) is 5.84 Å². The van der Waals surface area contributed by atoms with Crippen LogP contribution in [0.4, 0.5) is 0 Å². The first-order chi connectivity index (χ1) is 10.0. The van der Waals surface area contributed by atoms with Crippen molar-refractivity contribution < 1.29 is 0 Å². The molecule has 2 saturated carbocycles. The molecule has 0 saturated heterocycles. The molecule has 2 aliphatic rings. The van der Waals surface area contributed by atoms with Crippen molar-refractivity contribution in [1.29, 1.82) is 0 Å². The SMILES string of the molecule is C[Si](C)(C)C#CC(=NC1CCCCC1)NC1CCCCC1. The molecule has 0 spiro atoms. The van der Waals surface area contributed by atoms with Crippen LogP contribution >= 0.6 is 0 Å². The van der Waals surface area contributed by atoms with Crippen LogP contribution < -0.4 is 5.32 Å². The normalized spacial score (nSPS) is 22.5. The molecule has 0 radical (unpaired) electrons. The van der Waals surface area contributed by atoms with E-state index >= 15 is 0 Å². The molecule has 118 valence electrons. The van der Waals surface area contributed by atoms with Gasteiger partial charge in [0.25, 0.3) is 0 Å². The van der Waals surface area contributed by atoms with E-state index in [1.54, 1.807) is 0 Å². The van der Waals surface area contributed by atoms with Crippen molar-refractivity contribution in [1.82, 2.24) is 5.32 Å². The molecule has 0 atom stereocenters. The third-order valence-corrected chi connectivity index (χ3v) is 5.26. The van der Waals surface area contributed by atoms with E-state index in [4.69, 9.17) is 4.99 Å². The Balaban J connectivity index is 2.04. The zero-order valence-electron chi connectivity index (χ0n) is 14.2. The van der Waals surface area contributed by atoms with Crippen molar-refractivity contribution in [2.24, 2.45) is 4.99 Å². The van der Waals surface area contributed by atoms with Crippen LogP contribution in [0, 0.1) is 11.5 Å². The fraction of sp³-hybridized carbons (Fsp3) is 0.833. The Bertz CT molecular complexity index is 399. The lowest BCUT2D eigenvalue weighted by atomic mass is 9.95. The number of hydrogen-bond donors (Lipinski definition) is 1. The topological polar surface area (TPSA) is 24.4 Å². The van der Waals surface area contributed by atoms with Crippen LogP contribution in [-0.4, -0.2) is 26.0 Å². The van der Waals surface area contributed by atoms with Gasteiger partial charge in [-0.25, -0.2) is 0 Å². The number of nitrogens with one attached hydrogen (secondary N) is 1. The maximum absolute atomic E-state index is 4.99. The third kappa shape index (κ3) is 6.69. The minimum absolute atomic E-state index is 0.515. The van der Waals surface area contributed by atoms with Crippen LogP contribution in [0.15, 0.2) is 4.99 Å². The van der Waals surface area contributed by atoms with Gasteiger partial charge in [-0.1, -0.05) is 58.2 Å². The highest BCUT2D eigenvalue weighted by molar-refractivity contribution is 6.84. The van der Waals surface area contributed by atoms with E-state index in [1.165, 1.54) is 64.2 Å². The van der Waals surface area contributed by atoms with Gasteiger partial charge < -0.3 is 5.32 Å². The second kappa shape index (κ2) is 8.03. The summed E-state index contributed by atoms with van der Waals surface area (Å²) in [6, 6.07) is 1.12. The minimum atomic E-state index is -1.33. The van der Waals surface area contributed by atoms with Gasteiger partial charge in [0.15, 0.2) is 5.84 Å². The largest absolute Gasteiger partial charge is 0.361 e. The summed E-state index contributed by atoms with van der Waals surface area (Å²) in [4.78, 5) is 4.99. The summed E-state index contributed by atoms with van der Waals surface area (Å²) >= 11 is 0. The van der Waals surface area contributed by atoms with E-state index in [9.17, 15) is 0 Å². The van der Waals surface area contributed by atoms with Crippen molar-refractivity contribution in [2.75, 3.05) is 0 Å². The first-order valence-electron chi connectivity index (χ1n) is 8.90. The van der Waals surface area contributed by atoms with Gasteiger partial charge in [0, 0.05) is 6.04 Å². The lowest BCUT2D eigenvalue weighted by Crippen LogP contribution is -2.36. The van der Waals surface area contributed by atoms with Gasteiger partial charge in [0.2, 0.25) is 0 Å². The predicted octanol–water partition coefficient (Wildman–Crippen LogP) is 4.52. The average molecular weight is 305 g/mol. The number of rotatable bonds is 2. The summed E-state index contributed by atoms with van der Waals surface area (Å²) in [6.45, 7) is 6.91. The van der Waals surface area contributed by atoms with Gasteiger partial charge in [-0.15, -0.1) is 5.54 Å². The number of nitrogens with zero attached hydrogens (tertiary/aromatic N) is 1. The van der Waals surface area contributed by atoms with Crippen molar-refractivity contribution in [2.45, 2.75) is 95.9 Å². The van der Waals surface area contributed by atoms with Crippen LogP contribution in [0.3, 0.4) is 0 Å². The van der Waals surface area contributed by atoms with Gasteiger partial charge >= 0.3 is 0 Å². The predicted molar refractivity (Wildman–Crippen MR) is 95.4 cm³/mol. The summed E-state index contributed by atoms with van der Waals surface area (Å²) in [5.41, 5.74) is 3.50. The lowest BCUT2D eigenvalue weighted by Gasteiger charge is -2.25. The van der Waals surface area contributed by atoms with E-state index in [2.05, 4.69) is 36.4 Å². The fourth-order valence-corrected chi connectivity index (χ4v) is 3.68. The Kier molecular flexibility index (Phi) is 6.35. The zero-order valence-corrected chi connectivity index (χ0v) is 15.2. The maximum Gasteiger partial charge on any atom is 0.173 e. The van der Waals surface area contributed by atoms with Crippen LogP contribution in [0.5, 0.6) is 0 Å². The van der Waals surface area contributed by atoms with Crippen LogP contribution in [0.2, 0.25) is 19.6 Å². The van der Waals surface area contributed by atoms with Crippen LogP contribution in [0.25, 0.3) is 0 Å². The Labute approximate surface area is 132 Å². The first-order valence-corrected chi connectivity index (χ1v) is 12.4. The Morgan fingerprint density at radius 2 is 1.48 bits per heavy atom. The van der Waals surface area contributed by atoms with E-state index in [0.29, 0.717) is 12.1 Å². The molecule has 2 fully saturated rings. The molecular weight excluding hydrogens is 272 g/mol. The summed E-state index contributed by atoms with van der Waals surface area (Å²) < 4.78 is 0. The standard InChI is InChI=1S/C18H32N2Si/c1-21(2,3)15-14-18(19-16-10-6-4-7-11-16)20-17-12-8-5-9-13-17/h16-17H,4-13H2,1-3H3,(H,19,20). The molecule has 2 rings (SSSR count). The first kappa shape index (κ1) is 16.6. The fourth-order valence-electron chi connectivity index (χ4n) is 3.19. The van der Waals surface area contributed by atoms with Gasteiger partial charge in [-0.05, 0) is 31.6 Å². The molecule has 0 aromatic rings. The quantitative estimate of drug-likeness (QED) is 0.345. The molecule has 2 nitrogen and oxygen atoms in total. The molecular formula is C18H32N2Si. The molecule has 0 aromatic carbocycles. The molecule has 0 bridgehead atoms. The Hall–Kier alpha value is -0.753. The summed E-state index contributed by atoms with van der Waals surface area (Å²) in [7, 11) is -1.33. The highest BCUT2D eigenvalue weighted by Gasteiger charge is 2.17. The monoisotopic (exact) mass is 304 g/mol. The van der Waals surface area contributed by atoms with Gasteiger partial charge in [-0.2, -0.15) is 0 Å².